The molecule has 1 aromatic rings. The second-order valence-corrected chi connectivity index (χ2v) is 4.44. The molecule has 8 nitrogen and oxygen atoms in total. The minimum Gasteiger partial charge on any atom is -0.387 e. The van der Waals surface area contributed by atoms with Crippen LogP contribution in [-0.2, 0) is 11.3 Å². The van der Waals surface area contributed by atoms with Crippen LogP contribution in [0.3, 0.4) is 0 Å². The van der Waals surface area contributed by atoms with Gasteiger partial charge in [0.1, 0.15) is 12.2 Å². The zero-order chi connectivity index (χ0) is 14.4. The van der Waals surface area contributed by atoms with E-state index in [-0.39, 0.29) is 12.6 Å². The third-order valence-electron chi connectivity index (χ3n) is 2.26. The van der Waals surface area contributed by atoms with Gasteiger partial charge >= 0.3 is 6.03 Å². The molecule has 19 heavy (non-hydrogen) atoms. The number of imide groups is 1. The number of hydrogen-bond acceptors (Lipinski definition) is 5. The van der Waals surface area contributed by atoms with Gasteiger partial charge in [-0.15, -0.1) is 5.10 Å². The lowest BCUT2D eigenvalue weighted by Gasteiger charge is -2.08. The number of aliphatic hydroxyl groups excluding tert-OH is 1. The van der Waals surface area contributed by atoms with Gasteiger partial charge in [0, 0.05) is 6.04 Å². The Morgan fingerprint density at radius 2 is 2.16 bits per heavy atom. The zero-order valence-electron chi connectivity index (χ0n) is 11.3. The summed E-state index contributed by atoms with van der Waals surface area (Å²) < 4.78 is 1.27. The molecule has 0 saturated carbocycles. The molecule has 106 valence electrons. The van der Waals surface area contributed by atoms with Crippen LogP contribution in [0.15, 0.2) is 6.20 Å². The molecular formula is C11H19N5O3. The van der Waals surface area contributed by atoms with Gasteiger partial charge in [0.15, 0.2) is 0 Å². The van der Waals surface area contributed by atoms with Crippen molar-refractivity contribution >= 4 is 11.9 Å². The lowest BCUT2D eigenvalue weighted by Crippen LogP contribution is -2.43. The van der Waals surface area contributed by atoms with E-state index in [1.165, 1.54) is 10.9 Å². The number of nitrogens with zero attached hydrogens (tertiary/aromatic N) is 3. The summed E-state index contributed by atoms with van der Waals surface area (Å²) in [4.78, 5) is 22.8. The monoisotopic (exact) mass is 269 g/mol. The predicted molar refractivity (Wildman–Crippen MR) is 67.1 cm³/mol. The first-order valence-electron chi connectivity index (χ1n) is 6.10. The number of hydrogen-bond donors (Lipinski definition) is 3. The van der Waals surface area contributed by atoms with Gasteiger partial charge in [0.25, 0.3) is 0 Å². The van der Waals surface area contributed by atoms with E-state index < -0.39 is 18.0 Å². The summed E-state index contributed by atoms with van der Waals surface area (Å²) in [6, 6.07) is -0.598. The topological polar surface area (TPSA) is 109 Å². The molecule has 1 aromatic heterocycles. The molecule has 8 heteroatoms. The molecule has 0 bridgehead atoms. The van der Waals surface area contributed by atoms with Gasteiger partial charge in [0.05, 0.1) is 12.3 Å². The number of nitrogens with one attached hydrogen (secondary N) is 2. The lowest BCUT2D eigenvalue weighted by molar-refractivity contribution is -0.120. The first-order valence-corrected chi connectivity index (χ1v) is 6.10. The second kappa shape index (κ2) is 6.83. The van der Waals surface area contributed by atoms with Crippen molar-refractivity contribution in [2.75, 3.05) is 0 Å². The van der Waals surface area contributed by atoms with E-state index in [9.17, 15) is 14.7 Å². The van der Waals surface area contributed by atoms with E-state index in [0.29, 0.717) is 12.1 Å². The average molecular weight is 269 g/mol. The Bertz CT molecular complexity index is 443. The number of urea groups is 1. The molecule has 0 fully saturated rings. The van der Waals surface area contributed by atoms with Crippen molar-refractivity contribution in [2.24, 2.45) is 0 Å². The van der Waals surface area contributed by atoms with E-state index in [2.05, 4.69) is 20.9 Å². The minimum absolute atomic E-state index is 0.0505. The molecule has 3 N–H and O–H groups in total. The highest BCUT2D eigenvalue weighted by atomic mass is 16.3. The van der Waals surface area contributed by atoms with E-state index >= 15 is 0 Å². The molecule has 1 rings (SSSR count). The molecule has 1 atom stereocenters. The van der Waals surface area contributed by atoms with Gasteiger partial charge in [0.2, 0.25) is 5.91 Å². The van der Waals surface area contributed by atoms with Gasteiger partial charge in [-0.1, -0.05) is 12.1 Å². The smallest absolute Gasteiger partial charge is 0.321 e. The average Bonchev–Trinajstić information content (AvgIpc) is 2.74. The summed E-state index contributed by atoms with van der Waals surface area (Å²) in [6.07, 6.45) is 1.30. The maximum atomic E-state index is 11.5. The summed E-state index contributed by atoms with van der Waals surface area (Å²) in [5.74, 6) is -0.499. The molecule has 0 aliphatic heterocycles. The molecule has 0 spiro atoms. The molecule has 1 heterocycles. The third kappa shape index (κ3) is 5.04. The Morgan fingerprint density at radius 3 is 2.74 bits per heavy atom. The number of aromatic nitrogens is 3. The Balaban J connectivity index is 2.48. The highest BCUT2D eigenvalue weighted by Gasteiger charge is 2.13. The fraction of sp³-hybridized carbons (Fsp3) is 0.636. The summed E-state index contributed by atoms with van der Waals surface area (Å²) in [5.41, 5.74) is 0.405. The van der Waals surface area contributed by atoms with E-state index in [1.807, 2.05) is 6.92 Å². The largest absolute Gasteiger partial charge is 0.387 e. The van der Waals surface area contributed by atoms with Crippen LogP contribution in [0.5, 0.6) is 0 Å². The van der Waals surface area contributed by atoms with Crippen LogP contribution in [0.2, 0.25) is 0 Å². The number of rotatable bonds is 5. The molecule has 3 amide bonds. The van der Waals surface area contributed by atoms with Gasteiger partial charge in [-0.3, -0.25) is 10.1 Å². The molecule has 0 saturated heterocycles. The van der Waals surface area contributed by atoms with Crippen LogP contribution >= 0.6 is 0 Å². The first kappa shape index (κ1) is 15.1. The van der Waals surface area contributed by atoms with Crippen molar-refractivity contribution in [3.05, 3.63) is 11.9 Å². The molecule has 0 aliphatic rings. The number of carbonyl (C=O) groups excluding carboxylic acids is 2. The standard InChI is InChI=1S/C11H19N5O3/c1-4-9(17)8-5-16(15-14-8)6-10(18)13-11(19)12-7(2)3/h5,7,9,17H,4,6H2,1-3H3,(H2,12,13,18,19). The molecule has 1 unspecified atom stereocenters. The van der Waals surface area contributed by atoms with E-state index in [1.54, 1.807) is 13.8 Å². The summed E-state index contributed by atoms with van der Waals surface area (Å²) in [5, 5.41) is 21.7. The van der Waals surface area contributed by atoms with Crippen LogP contribution in [0.4, 0.5) is 4.79 Å². The highest BCUT2D eigenvalue weighted by Crippen LogP contribution is 2.11. The summed E-state index contributed by atoms with van der Waals surface area (Å²) >= 11 is 0. The maximum Gasteiger partial charge on any atom is 0.321 e. The molecule has 0 aromatic carbocycles. The molecule has 0 aliphatic carbocycles. The second-order valence-electron chi connectivity index (χ2n) is 4.44. The fourth-order valence-electron chi connectivity index (χ4n) is 1.36. The van der Waals surface area contributed by atoms with Gasteiger partial charge < -0.3 is 10.4 Å². The predicted octanol–water partition coefficient (Wildman–Crippen LogP) is -0.0443. The van der Waals surface area contributed by atoms with Gasteiger partial charge in [-0.25, -0.2) is 9.48 Å². The fourth-order valence-corrected chi connectivity index (χ4v) is 1.36. The van der Waals surface area contributed by atoms with Crippen LogP contribution in [0.1, 0.15) is 39.0 Å². The normalized spacial score (nSPS) is 12.3. The number of aliphatic hydroxyl groups is 1. The van der Waals surface area contributed by atoms with Crippen LogP contribution in [0.25, 0.3) is 0 Å². The summed E-state index contributed by atoms with van der Waals surface area (Å²) in [7, 11) is 0. The van der Waals surface area contributed by atoms with Crippen molar-refractivity contribution in [3.63, 3.8) is 0 Å². The third-order valence-corrected chi connectivity index (χ3v) is 2.26. The van der Waals surface area contributed by atoms with Crippen molar-refractivity contribution in [3.8, 4) is 0 Å². The minimum atomic E-state index is -0.693. The Kier molecular flexibility index (Phi) is 5.43. The molecular weight excluding hydrogens is 250 g/mol. The van der Waals surface area contributed by atoms with E-state index in [4.69, 9.17) is 0 Å². The zero-order valence-corrected chi connectivity index (χ0v) is 11.3. The van der Waals surface area contributed by atoms with Crippen LogP contribution in [0, 0.1) is 0 Å². The van der Waals surface area contributed by atoms with E-state index in [0.717, 1.165) is 0 Å². The van der Waals surface area contributed by atoms with Crippen molar-refractivity contribution in [1.82, 2.24) is 25.6 Å². The lowest BCUT2D eigenvalue weighted by atomic mass is 10.2. The van der Waals surface area contributed by atoms with Gasteiger partial charge in [-0.05, 0) is 20.3 Å². The Morgan fingerprint density at radius 1 is 1.47 bits per heavy atom. The Labute approximate surface area is 111 Å². The van der Waals surface area contributed by atoms with Crippen molar-refractivity contribution < 1.29 is 14.7 Å². The van der Waals surface area contributed by atoms with Crippen LogP contribution < -0.4 is 10.6 Å². The molecule has 0 radical (unpaired) electrons. The SMILES string of the molecule is CCC(O)c1cn(CC(=O)NC(=O)NC(C)C)nn1. The number of carbonyl (C=O) groups is 2. The van der Waals surface area contributed by atoms with Crippen molar-refractivity contribution in [2.45, 2.75) is 45.9 Å². The first-order chi connectivity index (χ1) is 8.92. The highest BCUT2D eigenvalue weighted by molar-refractivity contribution is 5.94. The Hall–Kier alpha value is -1.96. The van der Waals surface area contributed by atoms with Gasteiger partial charge in [-0.2, -0.15) is 0 Å². The summed E-state index contributed by atoms with van der Waals surface area (Å²) in [6.45, 7) is 5.27. The quantitative estimate of drug-likeness (QED) is 0.694. The van der Waals surface area contributed by atoms with Crippen LogP contribution in [-0.4, -0.2) is 38.1 Å². The maximum absolute atomic E-state index is 11.5. The number of amides is 3. The van der Waals surface area contributed by atoms with Crippen molar-refractivity contribution in [1.29, 1.82) is 0 Å².